The second-order valence-electron chi connectivity index (χ2n) is 7.26. The summed E-state index contributed by atoms with van der Waals surface area (Å²) in [5.74, 6) is 1.97. The van der Waals surface area contributed by atoms with Gasteiger partial charge in [0.15, 0.2) is 17.5 Å². The highest BCUT2D eigenvalue weighted by molar-refractivity contribution is 14.0. The van der Waals surface area contributed by atoms with Crippen molar-refractivity contribution in [1.29, 1.82) is 0 Å². The van der Waals surface area contributed by atoms with Gasteiger partial charge in [0.2, 0.25) is 0 Å². The van der Waals surface area contributed by atoms with Crippen LogP contribution in [0.3, 0.4) is 0 Å². The Kier molecular flexibility index (Phi) is 10.2. The topological polar surface area (TPSA) is 72.1 Å². The minimum absolute atomic E-state index is 0. The minimum Gasteiger partial charge on any atom is -0.493 e. The second kappa shape index (κ2) is 12.6. The molecule has 30 heavy (non-hydrogen) atoms. The number of halogens is 1. The number of nitrogens with zero attached hydrogens (tertiary/aromatic N) is 2. The largest absolute Gasteiger partial charge is 0.493 e. The van der Waals surface area contributed by atoms with E-state index in [9.17, 15) is 0 Å². The predicted octanol–water partition coefficient (Wildman–Crippen LogP) is 3.61. The number of rotatable bonds is 9. The van der Waals surface area contributed by atoms with Crippen molar-refractivity contribution in [1.82, 2.24) is 10.2 Å². The average Bonchev–Trinajstić information content (AvgIpc) is 3.29. The van der Waals surface area contributed by atoms with Gasteiger partial charge in [-0.1, -0.05) is 36.4 Å². The zero-order valence-corrected chi connectivity index (χ0v) is 20.2. The lowest BCUT2D eigenvalue weighted by Gasteiger charge is -2.26. The van der Waals surface area contributed by atoms with Crippen molar-refractivity contribution in [3.8, 4) is 11.5 Å². The Hall–Kier alpha value is -2.00. The summed E-state index contributed by atoms with van der Waals surface area (Å²) in [6.45, 7) is 3.63. The van der Waals surface area contributed by atoms with E-state index in [-0.39, 0.29) is 30.0 Å². The zero-order chi connectivity index (χ0) is 20.5. The van der Waals surface area contributed by atoms with E-state index in [1.165, 1.54) is 18.4 Å². The first kappa shape index (κ1) is 24.3. The number of hydrogen-bond acceptors (Lipinski definition) is 4. The molecule has 164 valence electrons. The van der Waals surface area contributed by atoms with E-state index in [4.69, 9.17) is 15.2 Å². The fourth-order valence-corrected chi connectivity index (χ4v) is 3.77. The summed E-state index contributed by atoms with van der Waals surface area (Å²) >= 11 is 0. The smallest absolute Gasteiger partial charge is 0.188 e. The second-order valence-corrected chi connectivity index (χ2v) is 7.26. The van der Waals surface area contributed by atoms with Crippen LogP contribution in [0.1, 0.15) is 30.0 Å². The lowest BCUT2D eigenvalue weighted by molar-refractivity contribution is 0.251. The number of methoxy groups -OCH3 is 2. The molecule has 1 aliphatic heterocycles. The lowest BCUT2D eigenvalue weighted by atomic mass is 10.1. The van der Waals surface area contributed by atoms with Crippen molar-refractivity contribution in [3.05, 3.63) is 59.7 Å². The van der Waals surface area contributed by atoms with E-state index in [0.29, 0.717) is 19.0 Å². The van der Waals surface area contributed by atoms with Crippen LogP contribution in [-0.2, 0) is 6.42 Å². The molecule has 3 N–H and O–H groups in total. The standard InChI is InChI=1S/C23H32N4O2.HI/c1-28-21-11-10-18(16-22(21)29-2)12-13-25-23(24)26-17-20(27-14-6-7-15-27)19-8-4-3-5-9-19;/h3-5,8-11,16,20H,6-7,12-15,17H2,1-2H3,(H3,24,25,26);1H. The molecule has 1 saturated heterocycles. The maximum absolute atomic E-state index is 6.14. The Morgan fingerprint density at radius 3 is 2.43 bits per heavy atom. The molecule has 0 spiro atoms. The summed E-state index contributed by atoms with van der Waals surface area (Å²) in [6, 6.07) is 16.8. The molecule has 7 heteroatoms. The highest BCUT2D eigenvalue weighted by Crippen LogP contribution is 2.27. The van der Waals surface area contributed by atoms with E-state index in [2.05, 4.69) is 45.5 Å². The van der Waals surface area contributed by atoms with Gasteiger partial charge in [-0.25, -0.2) is 0 Å². The monoisotopic (exact) mass is 524 g/mol. The van der Waals surface area contributed by atoms with Crippen LogP contribution >= 0.6 is 24.0 Å². The fraction of sp³-hybridized carbons (Fsp3) is 0.435. The number of benzene rings is 2. The highest BCUT2D eigenvalue weighted by atomic mass is 127. The molecule has 1 atom stereocenters. The van der Waals surface area contributed by atoms with E-state index in [0.717, 1.165) is 36.6 Å². The molecule has 1 unspecified atom stereocenters. The van der Waals surface area contributed by atoms with Crippen LogP contribution in [0.15, 0.2) is 53.5 Å². The number of nitrogens with one attached hydrogen (secondary N) is 1. The predicted molar refractivity (Wildman–Crippen MR) is 133 cm³/mol. The van der Waals surface area contributed by atoms with Gasteiger partial charge in [0.25, 0.3) is 0 Å². The maximum atomic E-state index is 6.14. The molecule has 1 aliphatic rings. The molecule has 1 fully saturated rings. The van der Waals surface area contributed by atoms with Gasteiger partial charge in [0, 0.05) is 6.54 Å². The van der Waals surface area contributed by atoms with Crippen molar-refractivity contribution in [2.45, 2.75) is 25.3 Å². The Morgan fingerprint density at radius 2 is 1.77 bits per heavy atom. The minimum atomic E-state index is 0. The summed E-state index contributed by atoms with van der Waals surface area (Å²) in [5.41, 5.74) is 8.60. The molecule has 0 aromatic heterocycles. The number of aliphatic imine (C=N–C) groups is 1. The van der Waals surface area contributed by atoms with Crippen LogP contribution in [0.25, 0.3) is 0 Å². The molecule has 0 aliphatic carbocycles. The first-order valence-corrected chi connectivity index (χ1v) is 10.2. The Bertz CT molecular complexity index is 795. The van der Waals surface area contributed by atoms with Gasteiger partial charge in [0.1, 0.15) is 0 Å². The average molecular weight is 524 g/mol. The Morgan fingerprint density at radius 1 is 1.07 bits per heavy atom. The summed E-state index contributed by atoms with van der Waals surface area (Å²) in [7, 11) is 3.29. The molecule has 6 nitrogen and oxygen atoms in total. The Balaban J connectivity index is 0.00000320. The Labute approximate surface area is 196 Å². The van der Waals surface area contributed by atoms with Gasteiger partial charge in [-0.15, -0.1) is 24.0 Å². The summed E-state index contributed by atoms with van der Waals surface area (Å²) in [5, 5.41) is 3.23. The first-order chi connectivity index (χ1) is 14.2. The van der Waals surface area contributed by atoms with Crippen LogP contribution in [0, 0.1) is 0 Å². The van der Waals surface area contributed by atoms with Crippen LogP contribution in [-0.4, -0.2) is 51.3 Å². The number of nitrogens with two attached hydrogens (primary N) is 1. The third kappa shape index (κ3) is 6.77. The fourth-order valence-electron chi connectivity index (χ4n) is 3.77. The van der Waals surface area contributed by atoms with Crippen molar-refractivity contribution < 1.29 is 9.47 Å². The number of likely N-dealkylation sites (tertiary alicyclic amines) is 1. The number of hydrogen-bond donors (Lipinski definition) is 2. The zero-order valence-electron chi connectivity index (χ0n) is 17.8. The molecule has 0 saturated carbocycles. The molecular weight excluding hydrogens is 491 g/mol. The van der Waals surface area contributed by atoms with E-state index >= 15 is 0 Å². The quantitative estimate of drug-likeness (QED) is 0.298. The molecule has 0 radical (unpaired) electrons. The molecule has 2 aromatic carbocycles. The van der Waals surface area contributed by atoms with Gasteiger partial charge in [0.05, 0.1) is 26.8 Å². The molecule has 3 rings (SSSR count). The lowest BCUT2D eigenvalue weighted by Crippen LogP contribution is -2.35. The van der Waals surface area contributed by atoms with E-state index in [1.807, 2.05) is 18.2 Å². The molecule has 2 aromatic rings. The third-order valence-electron chi connectivity index (χ3n) is 5.37. The maximum Gasteiger partial charge on any atom is 0.188 e. The summed E-state index contributed by atoms with van der Waals surface area (Å²) in [6.07, 6.45) is 3.34. The van der Waals surface area contributed by atoms with Gasteiger partial charge in [-0.2, -0.15) is 0 Å². The van der Waals surface area contributed by atoms with Crippen LogP contribution < -0.4 is 20.5 Å². The number of ether oxygens (including phenoxy) is 2. The van der Waals surface area contributed by atoms with E-state index in [1.54, 1.807) is 14.2 Å². The highest BCUT2D eigenvalue weighted by Gasteiger charge is 2.23. The molecule has 0 bridgehead atoms. The van der Waals surface area contributed by atoms with Gasteiger partial charge in [-0.05, 0) is 55.6 Å². The van der Waals surface area contributed by atoms with Crippen molar-refractivity contribution in [3.63, 3.8) is 0 Å². The van der Waals surface area contributed by atoms with E-state index < -0.39 is 0 Å². The molecular formula is C23H33IN4O2. The summed E-state index contributed by atoms with van der Waals surface area (Å²) < 4.78 is 10.6. The van der Waals surface area contributed by atoms with Crippen molar-refractivity contribution in [2.75, 3.05) is 40.4 Å². The van der Waals surface area contributed by atoms with Crippen LogP contribution in [0.2, 0.25) is 0 Å². The van der Waals surface area contributed by atoms with Crippen LogP contribution in [0.4, 0.5) is 0 Å². The van der Waals surface area contributed by atoms with Crippen molar-refractivity contribution >= 4 is 29.9 Å². The van der Waals surface area contributed by atoms with Crippen LogP contribution in [0.5, 0.6) is 11.5 Å². The van der Waals surface area contributed by atoms with Gasteiger partial charge >= 0.3 is 0 Å². The molecule has 0 amide bonds. The summed E-state index contributed by atoms with van der Waals surface area (Å²) in [4.78, 5) is 7.14. The SMILES string of the molecule is COc1ccc(CCNC(N)=NCC(c2ccccc2)N2CCCC2)cc1OC.I. The first-order valence-electron chi connectivity index (χ1n) is 10.2. The van der Waals surface area contributed by atoms with Crippen molar-refractivity contribution in [2.24, 2.45) is 10.7 Å². The molecule has 1 heterocycles. The third-order valence-corrected chi connectivity index (χ3v) is 5.37. The number of guanidine groups is 1. The normalized spacial score (nSPS) is 15.3. The van der Waals surface area contributed by atoms with Gasteiger partial charge in [-0.3, -0.25) is 9.89 Å². The van der Waals surface area contributed by atoms with Gasteiger partial charge < -0.3 is 20.5 Å².